The first-order valence-corrected chi connectivity index (χ1v) is 10.0. The molecule has 0 bridgehead atoms. The van der Waals surface area contributed by atoms with Crippen molar-refractivity contribution in [2.45, 2.75) is 11.6 Å². The molecule has 0 amide bonds. The van der Waals surface area contributed by atoms with Crippen LogP contribution in [0.5, 0.6) is 5.75 Å². The number of halogens is 4. The van der Waals surface area contributed by atoms with Crippen molar-refractivity contribution in [1.29, 1.82) is 0 Å². The molecule has 0 atom stereocenters. The number of aromatic nitrogens is 1. The average Bonchev–Trinajstić information content (AvgIpc) is 3.06. The number of methoxy groups -OCH3 is 1. The summed E-state index contributed by atoms with van der Waals surface area (Å²) in [6.45, 7) is -1.14. The van der Waals surface area contributed by atoms with Crippen LogP contribution in [0.15, 0.2) is 39.8 Å². The Bertz CT molecular complexity index is 1160. The summed E-state index contributed by atoms with van der Waals surface area (Å²) >= 11 is 6.09. The number of hydrogen-bond acceptors (Lipinski definition) is 5. The third-order valence-corrected chi connectivity index (χ3v) is 5.41. The van der Waals surface area contributed by atoms with Gasteiger partial charge in [-0.1, -0.05) is 16.8 Å². The van der Waals surface area contributed by atoms with Crippen LogP contribution < -0.4 is 4.74 Å². The average molecular weight is 432 g/mol. The minimum atomic E-state index is -3.99. The molecule has 1 aromatic heterocycles. The van der Waals surface area contributed by atoms with E-state index in [1.807, 2.05) is 0 Å². The molecule has 3 aromatic rings. The lowest BCUT2D eigenvalue weighted by atomic mass is 9.98. The minimum absolute atomic E-state index is 0.0163. The van der Waals surface area contributed by atoms with E-state index in [0.29, 0.717) is 23.4 Å². The van der Waals surface area contributed by atoms with Gasteiger partial charge in [0, 0.05) is 17.4 Å². The number of ether oxygens (including phenoxy) is 1. The van der Waals surface area contributed by atoms with Crippen LogP contribution >= 0.6 is 11.6 Å². The molecule has 148 valence electrons. The number of nitrogens with zero attached hydrogens (tertiary/aromatic N) is 1. The molecule has 0 fully saturated rings. The number of benzene rings is 2. The van der Waals surface area contributed by atoms with E-state index in [9.17, 15) is 21.6 Å². The van der Waals surface area contributed by atoms with Crippen molar-refractivity contribution in [3.05, 3.63) is 52.7 Å². The molecule has 2 aromatic carbocycles. The monoisotopic (exact) mass is 431 g/mol. The Hall–Kier alpha value is -2.52. The smallest absolute Gasteiger partial charge is 0.178 e. The zero-order valence-corrected chi connectivity index (χ0v) is 16.2. The summed E-state index contributed by atoms with van der Waals surface area (Å²) in [6, 6.07) is 5.72. The Morgan fingerprint density at radius 1 is 1.18 bits per heavy atom. The largest absolute Gasteiger partial charge is 0.495 e. The molecule has 28 heavy (non-hydrogen) atoms. The molecule has 0 aliphatic heterocycles. The fourth-order valence-corrected chi connectivity index (χ4v) is 3.70. The van der Waals surface area contributed by atoms with E-state index in [2.05, 4.69) is 5.16 Å². The summed E-state index contributed by atoms with van der Waals surface area (Å²) in [5.41, 5.74) is -0.167. The molecule has 0 spiro atoms. The first-order chi connectivity index (χ1) is 13.2. The minimum Gasteiger partial charge on any atom is -0.495 e. The van der Waals surface area contributed by atoms with Gasteiger partial charge in [-0.3, -0.25) is 0 Å². The van der Waals surface area contributed by atoms with Crippen LogP contribution in [0.1, 0.15) is 5.76 Å². The highest BCUT2D eigenvalue weighted by molar-refractivity contribution is 7.90. The molecule has 1 heterocycles. The highest BCUT2D eigenvalue weighted by Crippen LogP contribution is 2.39. The summed E-state index contributed by atoms with van der Waals surface area (Å²) in [5.74, 6) is -2.22. The molecule has 0 radical (unpaired) electrons. The van der Waals surface area contributed by atoms with Gasteiger partial charge in [0.15, 0.2) is 22.3 Å². The van der Waals surface area contributed by atoms with Gasteiger partial charge >= 0.3 is 0 Å². The zero-order chi connectivity index (χ0) is 20.6. The first-order valence-electron chi connectivity index (χ1n) is 7.75. The van der Waals surface area contributed by atoms with Gasteiger partial charge in [0.05, 0.1) is 17.7 Å². The van der Waals surface area contributed by atoms with Crippen molar-refractivity contribution in [3.8, 4) is 28.1 Å². The summed E-state index contributed by atoms with van der Waals surface area (Å²) in [6.07, 6.45) is 0.752. The van der Waals surface area contributed by atoms with Crippen molar-refractivity contribution < 1.29 is 30.8 Å². The number of rotatable bonds is 5. The fourth-order valence-electron chi connectivity index (χ4n) is 2.71. The quantitative estimate of drug-likeness (QED) is 0.579. The van der Waals surface area contributed by atoms with E-state index in [4.69, 9.17) is 20.9 Å². The highest BCUT2D eigenvalue weighted by atomic mass is 35.5. The van der Waals surface area contributed by atoms with Crippen LogP contribution in [0.3, 0.4) is 0 Å². The summed E-state index contributed by atoms with van der Waals surface area (Å²) in [4.78, 5) is -0.805. The Morgan fingerprint density at radius 2 is 1.89 bits per heavy atom. The van der Waals surface area contributed by atoms with Gasteiger partial charge in [-0.2, -0.15) is 0 Å². The van der Waals surface area contributed by atoms with Gasteiger partial charge in [-0.05, 0) is 30.3 Å². The maximum Gasteiger partial charge on any atom is 0.178 e. The standard InChI is InChI=1S/C18H13ClF3NO4S/c1-26-14-4-3-9(5-11(14)19)18-17(15(8-20)27-23-18)10-6-13(22)16(7-12(10)21)28(2,24)25/h3-7H,8H2,1-2H3. The maximum absolute atomic E-state index is 14.7. The van der Waals surface area contributed by atoms with Gasteiger partial charge < -0.3 is 9.26 Å². The SMILES string of the molecule is COc1ccc(-c2noc(CF)c2-c2cc(F)c(S(C)(=O)=O)cc2F)cc1Cl. The molecule has 0 aliphatic rings. The normalized spacial score (nSPS) is 11.6. The lowest BCUT2D eigenvalue weighted by Gasteiger charge is -2.09. The van der Waals surface area contributed by atoms with Crippen LogP contribution in [-0.4, -0.2) is 26.9 Å². The van der Waals surface area contributed by atoms with Gasteiger partial charge in [-0.15, -0.1) is 0 Å². The summed E-state index contributed by atoms with van der Waals surface area (Å²) in [5, 5.41) is 3.97. The number of sulfone groups is 1. The highest BCUT2D eigenvalue weighted by Gasteiger charge is 2.26. The summed E-state index contributed by atoms with van der Waals surface area (Å²) < 4.78 is 75.6. The van der Waals surface area contributed by atoms with Crippen molar-refractivity contribution in [2.24, 2.45) is 0 Å². The molecule has 0 aliphatic carbocycles. The summed E-state index contributed by atoms with van der Waals surface area (Å²) in [7, 11) is -2.57. The number of alkyl halides is 1. The second-order valence-corrected chi connectivity index (χ2v) is 8.24. The molecule has 0 unspecified atom stereocenters. The third-order valence-electron chi connectivity index (χ3n) is 4.00. The van der Waals surface area contributed by atoms with E-state index in [0.717, 1.165) is 6.26 Å². The third kappa shape index (κ3) is 3.59. The van der Waals surface area contributed by atoms with E-state index in [-0.39, 0.29) is 27.6 Å². The van der Waals surface area contributed by atoms with Crippen molar-refractivity contribution in [3.63, 3.8) is 0 Å². The molecule has 0 saturated heterocycles. The van der Waals surface area contributed by atoms with Crippen LogP contribution in [0.2, 0.25) is 5.02 Å². The van der Waals surface area contributed by atoms with Gasteiger partial charge in [0.2, 0.25) is 0 Å². The van der Waals surface area contributed by atoms with Crippen molar-refractivity contribution in [1.82, 2.24) is 5.16 Å². The molecule has 5 nitrogen and oxygen atoms in total. The Kier molecular flexibility index (Phi) is 5.40. The first kappa shape index (κ1) is 20.2. The van der Waals surface area contributed by atoms with Crippen molar-refractivity contribution in [2.75, 3.05) is 13.4 Å². The zero-order valence-electron chi connectivity index (χ0n) is 14.6. The van der Waals surface area contributed by atoms with Crippen LogP contribution in [0.25, 0.3) is 22.4 Å². The van der Waals surface area contributed by atoms with Crippen molar-refractivity contribution >= 4 is 21.4 Å². The predicted octanol–water partition coefficient (Wildman–Crippen LogP) is 4.82. The van der Waals surface area contributed by atoms with Crippen LogP contribution in [0.4, 0.5) is 13.2 Å². The molecule has 3 rings (SSSR count). The lowest BCUT2D eigenvalue weighted by Crippen LogP contribution is -2.03. The topological polar surface area (TPSA) is 69.4 Å². The van der Waals surface area contributed by atoms with Gasteiger partial charge in [-0.25, -0.2) is 21.6 Å². The van der Waals surface area contributed by atoms with Crippen LogP contribution in [0, 0.1) is 11.6 Å². The Balaban J connectivity index is 2.25. The number of hydrogen-bond donors (Lipinski definition) is 0. The molecule has 0 saturated carbocycles. The maximum atomic E-state index is 14.7. The van der Waals surface area contributed by atoms with E-state index < -0.39 is 33.0 Å². The molecular weight excluding hydrogens is 419 g/mol. The Morgan fingerprint density at radius 3 is 2.46 bits per heavy atom. The van der Waals surface area contributed by atoms with Crippen LogP contribution in [-0.2, 0) is 16.5 Å². The lowest BCUT2D eigenvalue weighted by molar-refractivity contribution is 0.332. The van der Waals surface area contributed by atoms with E-state index >= 15 is 0 Å². The van der Waals surface area contributed by atoms with E-state index in [1.54, 1.807) is 0 Å². The molecular formula is C18H13ClF3NO4S. The Labute approximate surface area is 163 Å². The molecule has 10 heteroatoms. The predicted molar refractivity (Wildman–Crippen MR) is 96.8 cm³/mol. The second-order valence-electron chi connectivity index (χ2n) is 5.85. The van der Waals surface area contributed by atoms with Gasteiger partial charge in [0.1, 0.15) is 28.0 Å². The van der Waals surface area contributed by atoms with E-state index in [1.165, 1.54) is 25.3 Å². The fraction of sp³-hybridized carbons (Fsp3) is 0.167. The van der Waals surface area contributed by atoms with Gasteiger partial charge in [0.25, 0.3) is 0 Å². The second kappa shape index (κ2) is 7.48. The molecule has 0 N–H and O–H groups in total.